The molecular formula is C15H24N2. The second-order valence-corrected chi connectivity index (χ2v) is 5.90. The number of nitrogens with zero attached hydrogens (tertiary/aromatic N) is 1. The zero-order valence-electron chi connectivity index (χ0n) is 11.3. The number of benzene rings is 1. The summed E-state index contributed by atoms with van der Waals surface area (Å²) >= 11 is 0. The minimum absolute atomic E-state index is 0.458. The van der Waals surface area contributed by atoms with Crippen molar-refractivity contribution in [3.63, 3.8) is 0 Å². The van der Waals surface area contributed by atoms with E-state index in [1.807, 2.05) is 0 Å². The van der Waals surface area contributed by atoms with Crippen LogP contribution in [0.15, 0.2) is 24.3 Å². The third-order valence-corrected chi connectivity index (χ3v) is 3.68. The van der Waals surface area contributed by atoms with Gasteiger partial charge in [0.15, 0.2) is 0 Å². The minimum atomic E-state index is 0.458. The predicted molar refractivity (Wildman–Crippen MR) is 73.1 cm³/mol. The molecule has 1 heterocycles. The molecule has 0 bridgehead atoms. The Hall–Kier alpha value is -0.860. The summed E-state index contributed by atoms with van der Waals surface area (Å²) in [4.78, 5) is 2.44. The average Bonchev–Trinajstić information content (AvgIpc) is 2.68. The highest BCUT2D eigenvalue weighted by Gasteiger charge is 2.29. The van der Waals surface area contributed by atoms with Crippen LogP contribution >= 0.6 is 0 Å². The van der Waals surface area contributed by atoms with E-state index in [4.69, 9.17) is 0 Å². The molecule has 1 aliphatic heterocycles. The molecule has 0 saturated carbocycles. The van der Waals surface area contributed by atoms with E-state index in [1.165, 1.54) is 30.6 Å². The zero-order chi connectivity index (χ0) is 12.3. The first-order valence-electron chi connectivity index (χ1n) is 6.52. The summed E-state index contributed by atoms with van der Waals surface area (Å²) in [5.41, 5.74) is 3.20. The molecule has 1 N–H and O–H groups in total. The van der Waals surface area contributed by atoms with E-state index in [1.54, 1.807) is 0 Å². The number of aryl methyl sites for hydroxylation is 1. The van der Waals surface area contributed by atoms with Gasteiger partial charge in [0.2, 0.25) is 0 Å². The Morgan fingerprint density at radius 3 is 2.59 bits per heavy atom. The van der Waals surface area contributed by atoms with Gasteiger partial charge in [-0.05, 0) is 37.9 Å². The van der Waals surface area contributed by atoms with Crippen LogP contribution in [0.2, 0.25) is 0 Å². The normalized spacial score (nSPS) is 24.5. The van der Waals surface area contributed by atoms with E-state index in [9.17, 15) is 0 Å². The van der Waals surface area contributed by atoms with Crippen molar-refractivity contribution >= 4 is 0 Å². The summed E-state index contributed by atoms with van der Waals surface area (Å²) in [5, 5.41) is 3.46. The lowest BCUT2D eigenvalue weighted by Crippen LogP contribution is -2.34. The Balaban J connectivity index is 1.88. The molecule has 0 aromatic heterocycles. The second-order valence-electron chi connectivity index (χ2n) is 5.90. The van der Waals surface area contributed by atoms with Crippen molar-refractivity contribution in [3.8, 4) is 0 Å². The summed E-state index contributed by atoms with van der Waals surface area (Å²) in [6, 6.07) is 8.87. The molecule has 0 aliphatic carbocycles. The van der Waals surface area contributed by atoms with E-state index in [2.05, 4.69) is 55.4 Å². The van der Waals surface area contributed by atoms with Gasteiger partial charge in [0.25, 0.3) is 0 Å². The summed E-state index contributed by atoms with van der Waals surface area (Å²) in [6.45, 7) is 9.08. The summed E-state index contributed by atoms with van der Waals surface area (Å²) in [5.74, 6) is 0. The maximum atomic E-state index is 3.46. The molecule has 1 aromatic rings. The van der Waals surface area contributed by atoms with Gasteiger partial charge in [0.05, 0.1) is 0 Å². The van der Waals surface area contributed by atoms with Crippen molar-refractivity contribution in [2.24, 2.45) is 5.41 Å². The molecule has 0 spiro atoms. The van der Waals surface area contributed by atoms with Gasteiger partial charge < -0.3 is 10.2 Å². The van der Waals surface area contributed by atoms with Crippen LogP contribution in [-0.2, 0) is 6.54 Å². The van der Waals surface area contributed by atoms with Crippen LogP contribution in [-0.4, -0.2) is 31.6 Å². The van der Waals surface area contributed by atoms with Gasteiger partial charge >= 0.3 is 0 Å². The summed E-state index contributed by atoms with van der Waals surface area (Å²) in [7, 11) is 2.23. The van der Waals surface area contributed by atoms with Crippen molar-refractivity contribution in [1.82, 2.24) is 10.2 Å². The summed E-state index contributed by atoms with van der Waals surface area (Å²) in [6.07, 6.45) is 1.30. The molecular weight excluding hydrogens is 208 g/mol. The molecule has 2 nitrogen and oxygen atoms in total. The Labute approximate surface area is 105 Å². The van der Waals surface area contributed by atoms with Gasteiger partial charge in [-0.1, -0.05) is 36.8 Å². The lowest BCUT2D eigenvalue weighted by molar-refractivity contribution is 0.203. The molecule has 17 heavy (non-hydrogen) atoms. The average molecular weight is 232 g/mol. The fraction of sp³-hybridized carbons (Fsp3) is 0.600. The van der Waals surface area contributed by atoms with E-state index < -0.39 is 0 Å². The van der Waals surface area contributed by atoms with Crippen molar-refractivity contribution in [3.05, 3.63) is 35.4 Å². The topological polar surface area (TPSA) is 15.3 Å². The minimum Gasteiger partial charge on any atom is -0.316 e. The van der Waals surface area contributed by atoms with Crippen LogP contribution in [0.3, 0.4) is 0 Å². The highest BCUT2D eigenvalue weighted by Crippen LogP contribution is 2.25. The number of hydrogen-bond acceptors (Lipinski definition) is 2. The number of nitrogens with one attached hydrogen (secondary N) is 1. The van der Waals surface area contributed by atoms with Gasteiger partial charge in [-0.2, -0.15) is 0 Å². The fourth-order valence-electron chi connectivity index (χ4n) is 2.72. The second kappa shape index (κ2) is 5.19. The van der Waals surface area contributed by atoms with Crippen LogP contribution in [0.1, 0.15) is 24.5 Å². The van der Waals surface area contributed by atoms with E-state index in [-0.39, 0.29) is 0 Å². The summed E-state index contributed by atoms with van der Waals surface area (Å²) < 4.78 is 0. The maximum absolute atomic E-state index is 3.46. The lowest BCUT2D eigenvalue weighted by atomic mass is 9.89. The first-order valence-corrected chi connectivity index (χ1v) is 6.52. The standard InChI is InChI=1S/C15H24N2/c1-13-4-6-14(7-5-13)10-17(3)12-15(2)8-9-16-11-15/h4-7,16H,8-12H2,1-3H3. The monoisotopic (exact) mass is 232 g/mol. The molecule has 2 heteroatoms. The molecule has 1 aromatic carbocycles. The first-order chi connectivity index (χ1) is 8.07. The third-order valence-electron chi connectivity index (χ3n) is 3.68. The lowest BCUT2D eigenvalue weighted by Gasteiger charge is -2.29. The van der Waals surface area contributed by atoms with Crippen LogP contribution in [0.5, 0.6) is 0 Å². The smallest absolute Gasteiger partial charge is 0.0230 e. The Kier molecular flexibility index (Phi) is 3.85. The Morgan fingerprint density at radius 2 is 2.00 bits per heavy atom. The SMILES string of the molecule is Cc1ccc(CN(C)CC2(C)CCNC2)cc1. The molecule has 1 atom stereocenters. The van der Waals surface area contributed by atoms with Crippen molar-refractivity contribution in [2.75, 3.05) is 26.7 Å². The van der Waals surface area contributed by atoms with Gasteiger partial charge in [0, 0.05) is 19.6 Å². The van der Waals surface area contributed by atoms with Crippen LogP contribution < -0.4 is 5.32 Å². The highest BCUT2D eigenvalue weighted by atomic mass is 15.1. The van der Waals surface area contributed by atoms with E-state index in [0.717, 1.165) is 13.1 Å². The molecule has 1 unspecified atom stereocenters. The molecule has 1 aliphatic rings. The van der Waals surface area contributed by atoms with Crippen LogP contribution in [0.25, 0.3) is 0 Å². The third kappa shape index (κ3) is 3.55. The van der Waals surface area contributed by atoms with Crippen molar-refractivity contribution < 1.29 is 0 Å². The highest BCUT2D eigenvalue weighted by molar-refractivity contribution is 5.21. The zero-order valence-corrected chi connectivity index (χ0v) is 11.3. The Bertz CT molecular complexity index is 350. The van der Waals surface area contributed by atoms with Gasteiger partial charge in [0.1, 0.15) is 0 Å². The van der Waals surface area contributed by atoms with Gasteiger partial charge in [-0.3, -0.25) is 0 Å². The van der Waals surface area contributed by atoms with Crippen LogP contribution in [0, 0.1) is 12.3 Å². The molecule has 2 rings (SSSR count). The van der Waals surface area contributed by atoms with E-state index >= 15 is 0 Å². The van der Waals surface area contributed by atoms with E-state index in [0.29, 0.717) is 5.41 Å². The molecule has 0 radical (unpaired) electrons. The van der Waals surface area contributed by atoms with Crippen LogP contribution in [0.4, 0.5) is 0 Å². The Morgan fingerprint density at radius 1 is 1.29 bits per heavy atom. The molecule has 1 fully saturated rings. The number of rotatable bonds is 4. The van der Waals surface area contributed by atoms with Gasteiger partial charge in [-0.25, -0.2) is 0 Å². The largest absolute Gasteiger partial charge is 0.316 e. The first kappa shape index (κ1) is 12.6. The van der Waals surface area contributed by atoms with Crippen molar-refractivity contribution in [1.29, 1.82) is 0 Å². The molecule has 94 valence electrons. The quantitative estimate of drug-likeness (QED) is 0.857. The maximum Gasteiger partial charge on any atom is 0.0230 e. The van der Waals surface area contributed by atoms with Gasteiger partial charge in [-0.15, -0.1) is 0 Å². The van der Waals surface area contributed by atoms with Crippen molar-refractivity contribution in [2.45, 2.75) is 26.8 Å². The number of hydrogen-bond donors (Lipinski definition) is 1. The molecule has 0 amide bonds. The fourth-order valence-corrected chi connectivity index (χ4v) is 2.72. The predicted octanol–water partition coefficient (Wildman–Crippen LogP) is 2.43. The molecule has 1 saturated heterocycles.